The van der Waals surface area contributed by atoms with Crippen molar-refractivity contribution in [1.29, 1.82) is 0 Å². The molecule has 1 heterocycles. The standard InChI is InChI=1S/C20H29NO4/c1-14-9-10-16-12-15(7-6-8-18(22)24-5)13-21(17(16)11-14)19(23)25-20(2,3)4/h9-11,15H,6-8,12-13H2,1-5H3/t15-/m0/s1. The summed E-state index contributed by atoms with van der Waals surface area (Å²) in [5.41, 5.74) is 2.69. The lowest BCUT2D eigenvalue weighted by molar-refractivity contribution is -0.140. The minimum absolute atomic E-state index is 0.184. The van der Waals surface area contributed by atoms with Crippen LogP contribution in [0.2, 0.25) is 0 Å². The van der Waals surface area contributed by atoms with Gasteiger partial charge in [0.25, 0.3) is 0 Å². The average molecular weight is 347 g/mol. The highest BCUT2D eigenvalue weighted by Crippen LogP contribution is 2.33. The Kier molecular flexibility index (Phi) is 6.09. The van der Waals surface area contributed by atoms with Gasteiger partial charge in [-0.25, -0.2) is 4.79 Å². The van der Waals surface area contributed by atoms with Crippen LogP contribution in [0.3, 0.4) is 0 Å². The summed E-state index contributed by atoms with van der Waals surface area (Å²) in [5.74, 6) is 0.128. The lowest BCUT2D eigenvalue weighted by atomic mass is 9.88. The van der Waals surface area contributed by atoms with Gasteiger partial charge in [-0.2, -0.15) is 0 Å². The van der Waals surface area contributed by atoms with Gasteiger partial charge in [0, 0.05) is 13.0 Å². The van der Waals surface area contributed by atoms with E-state index in [0.717, 1.165) is 36.1 Å². The molecule has 1 amide bonds. The van der Waals surface area contributed by atoms with Crippen LogP contribution in [0.15, 0.2) is 18.2 Å². The van der Waals surface area contributed by atoms with Crippen molar-refractivity contribution in [3.05, 3.63) is 29.3 Å². The summed E-state index contributed by atoms with van der Waals surface area (Å²) in [6.07, 6.45) is 2.66. The van der Waals surface area contributed by atoms with Crippen LogP contribution in [0.4, 0.5) is 10.5 Å². The van der Waals surface area contributed by atoms with E-state index in [1.165, 1.54) is 7.11 Å². The number of carbonyl (C=O) groups is 2. The molecule has 5 heteroatoms. The molecule has 1 aliphatic heterocycles. The van der Waals surface area contributed by atoms with E-state index in [-0.39, 0.29) is 12.1 Å². The number of esters is 1. The Morgan fingerprint density at radius 2 is 2.00 bits per heavy atom. The summed E-state index contributed by atoms with van der Waals surface area (Å²) in [5, 5.41) is 0. The van der Waals surface area contributed by atoms with E-state index in [1.54, 1.807) is 4.90 Å². The molecule has 0 aromatic heterocycles. The Hall–Kier alpha value is -2.04. The summed E-state index contributed by atoms with van der Waals surface area (Å²) < 4.78 is 10.3. The van der Waals surface area contributed by atoms with Crippen molar-refractivity contribution in [3.63, 3.8) is 0 Å². The van der Waals surface area contributed by atoms with Crippen LogP contribution in [0.25, 0.3) is 0 Å². The molecule has 0 saturated heterocycles. The monoisotopic (exact) mass is 347 g/mol. The van der Waals surface area contributed by atoms with E-state index >= 15 is 0 Å². The molecule has 2 rings (SSSR count). The van der Waals surface area contributed by atoms with Gasteiger partial charge in [0.2, 0.25) is 0 Å². The number of anilines is 1. The molecule has 25 heavy (non-hydrogen) atoms. The van der Waals surface area contributed by atoms with E-state index < -0.39 is 5.60 Å². The maximum Gasteiger partial charge on any atom is 0.414 e. The van der Waals surface area contributed by atoms with Crippen molar-refractivity contribution in [3.8, 4) is 0 Å². The molecule has 0 fully saturated rings. The van der Waals surface area contributed by atoms with Crippen molar-refractivity contribution >= 4 is 17.7 Å². The van der Waals surface area contributed by atoms with Crippen molar-refractivity contribution in [1.82, 2.24) is 0 Å². The molecule has 0 N–H and O–H groups in total. The van der Waals surface area contributed by atoms with Crippen molar-refractivity contribution in [2.45, 2.75) is 59.0 Å². The van der Waals surface area contributed by atoms with Gasteiger partial charge in [-0.3, -0.25) is 9.69 Å². The summed E-state index contributed by atoms with van der Waals surface area (Å²) in [6.45, 7) is 8.27. The van der Waals surface area contributed by atoms with Gasteiger partial charge in [0.05, 0.1) is 12.8 Å². The number of ether oxygens (including phenoxy) is 2. The van der Waals surface area contributed by atoms with Gasteiger partial charge in [0.1, 0.15) is 5.60 Å². The van der Waals surface area contributed by atoms with Gasteiger partial charge in [-0.05, 0) is 70.1 Å². The zero-order chi connectivity index (χ0) is 18.6. The number of methoxy groups -OCH3 is 1. The molecule has 0 spiro atoms. The van der Waals surface area contributed by atoms with Crippen LogP contribution in [0.1, 0.15) is 51.2 Å². The van der Waals surface area contributed by atoms with E-state index in [4.69, 9.17) is 9.47 Å². The number of fused-ring (bicyclic) bond motifs is 1. The Labute approximate surface area is 150 Å². The number of hydrogen-bond acceptors (Lipinski definition) is 4. The van der Waals surface area contributed by atoms with Crippen LogP contribution in [0, 0.1) is 12.8 Å². The number of rotatable bonds is 4. The summed E-state index contributed by atoms with van der Waals surface area (Å²) in [7, 11) is 1.41. The first-order valence-corrected chi connectivity index (χ1v) is 8.86. The minimum Gasteiger partial charge on any atom is -0.469 e. The number of aryl methyl sites for hydroxylation is 1. The second kappa shape index (κ2) is 7.89. The van der Waals surface area contributed by atoms with Crippen molar-refractivity contribution in [2.75, 3.05) is 18.6 Å². The molecular formula is C20H29NO4. The number of amides is 1. The van der Waals surface area contributed by atoms with E-state index in [9.17, 15) is 9.59 Å². The van der Waals surface area contributed by atoms with Crippen molar-refractivity contribution in [2.24, 2.45) is 5.92 Å². The number of benzene rings is 1. The van der Waals surface area contributed by atoms with Crippen LogP contribution in [-0.2, 0) is 20.7 Å². The quantitative estimate of drug-likeness (QED) is 0.764. The summed E-state index contributed by atoms with van der Waals surface area (Å²) in [6, 6.07) is 6.21. The Bertz CT molecular complexity index is 633. The normalized spacial score (nSPS) is 17.0. The molecule has 138 valence electrons. The zero-order valence-electron chi connectivity index (χ0n) is 15.9. The molecule has 1 aromatic carbocycles. The third-order valence-electron chi connectivity index (χ3n) is 4.32. The topological polar surface area (TPSA) is 55.8 Å². The molecule has 0 saturated carbocycles. The molecule has 5 nitrogen and oxygen atoms in total. The molecule has 0 radical (unpaired) electrons. The van der Waals surface area contributed by atoms with E-state index in [1.807, 2.05) is 33.8 Å². The maximum absolute atomic E-state index is 12.7. The van der Waals surface area contributed by atoms with E-state index in [2.05, 4.69) is 12.1 Å². The highest BCUT2D eigenvalue weighted by Gasteiger charge is 2.31. The fraction of sp³-hybridized carbons (Fsp3) is 0.600. The second-order valence-corrected chi connectivity index (χ2v) is 7.76. The third kappa shape index (κ3) is 5.48. The van der Waals surface area contributed by atoms with Crippen LogP contribution < -0.4 is 4.90 Å². The summed E-state index contributed by atoms with van der Waals surface area (Å²) >= 11 is 0. The van der Waals surface area contributed by atoms with Gasteiger partial charge in [-0.15, -0.1) is 0 Å². The zero-order valence-corrected chi connectivity index (χ0v) is 15.9. The highest BCUT2D eigenvalue weighted by molar-refractivity contribution is 5.89. The van der Waals surface area contributed by atoms with Gasteiger partial charge in [0.15, 0.2) is 0 Å². The SMILES string of the molecule is COC(=O)CCC[C@H]1Cc2ccc(C)cc2N(C(=O)OC(C)(C)C)C1. The van der Waals surface area contributed by atoms with Crippen LogP contribution in [0.5, 0.6) is 0 Å². The van der Waals surface area contributed by atoms with Gasteiger partial charge in [-0.1, -0.05) is 12.1 Å². The Balaban J connectivity index is 2.14. The molecule has 0 aliphatic carbocycles. The predicted molar refractivity (Wildman–Crippen MR) is 97.8 cm³/mol. The Morgan fingerprint density at radius 3 is 2.64 bits per heavy atom. The number of carbonyl (C=O) groups excluding carboxylic acids is 2. The fourth-order valence-electron chi connectivity index (χ4n) is 3.15. The van der Waals surface area contributed by atoms with Crippen LogP contribution in [-0.4, -0.2) is 31.3 Å². The first-order valence-electron chi connectivity index (χ1n) is 8.86. The second-order valence-electron chi connectivity index (χ2n) is 7.76. The highest BCUT2D eigenvalue weighted by atomic mass is 16.6. The van der Waals surface area contributed by atoms with Crippen LogP contribution >= 0.6 is 0 Å². The lowest BCUT2D eigenvalue weighted by Gasteiger charge is -2.36. The summed E-state index contributed by atoms with van der Waals surface area (Å²) in [4.78, 5) is 25.8. The molecular weight excluding hydrogens is 318 g/mol. The first kappa shape index (κ1) is 19.3. The molecule has 1 aromatic rings. The first-order chi connectivity index (χ1) is 11.7. The molecule has 1 aliphatic rings. The van der Waals surface area contributed by atoms with Gasteiger partial charge >= 0.3 is 12.1 Å². The average Bonchev–Trinajstić information content (AvgIpc) is 2.52. The van der Waals surface area contributed by atoms with E-state index in [0.29, 0.717) is 18.9 Å². The molecule has 0 bridgehead atoms. The van der Waals surface area contributed by atoms with Gasteiger partial charge < -0.3 is 9.47 Å². The predicted octanol–water partition coefficient (Wildman–Crippen LogP) is 4.25. The van der Waals surface area contributed by atoms with Crippen molar-refractivity contribution < 1.29 is 19.1 Å². The lowest BCUT2D eigenvalue weighted by Crippen LogP contribution is -2.43. The fourth-order valence-corrected chi connectivity index (χ4v) is 3.15. The molecule has 1 atom stereocenters. The Morgan fingerprint density at radius 1 is 1.28 bits per heavy atom. The number of nitrogens with zero attached hydrogens (tertiary/aromatic N) is 1. The maximum atomic E-state index is 12.7. The number of hydrogen-bond donors (Lipinski definition) is 0. The largest absolute Gasteiger partial charge is 0.469 e. The smallest absolute Gasteiger partial charge is 0.414 e. The molecule has 0 unspecified atom stereocenters. The minimum atomic E-state index is -0.529. The third-order valence-corrected chi connectivity index (χ3v) is 4.32.